The lowest BCUT2D eigenvalue weighted by atomic mass is 10.1. The van der Waals surface area contributed by atoms with Crippen LogP contribution in [0.15, 0.2) is 22.7 Å². The van der Waals surface area contributed by atoms with Crippen LogP contribution >= 0.6 is 15.9 Å². The third-order valence-corrected chi connectivity index (χ3v) is 2.92. The third-order valence-electron chi connectivity index (χ3n) is 2.19. The second kappa shape index (κ2) is 8.88. The predicted octanol–water partition coefficient (Wildman–Crippen LogP) is 3.41. The monoisotopic (exact) mass is 318 g/mol. The minimum absolute atomic E-state index is 0.348. The highest BCUT2D eigenvalue weighted by Gasteiger charge is 2.18. The van der Waals surface area contributed by atoms with Crippen molar-refractivity contribution >= 4 is 21.6 Å². The average molecular weight is 319 g/mol. The highest BCUT2D eigenvalue weighted by atomic mass is 79.9. The van der Waals surface area contributed by atoms with E-state index in [2.05, 4.69) is 15.9 Å². The molecule has 0 aliphatic rings. The van der Waals surface area contributed by atoms with Crippen LogP contribution in [0.5, 0.6) is 0 Å². The highest BCUT2D eigenvalue weighted by Crippen LogP contribution is 2.26. The summed E-state index contributed by atoms with van der Waals surface area (Å²) in [5.41, 5.74) is 6.66. The number of rotatable bonds is 4. The molecular formula is C12H19BrN2O3. The summed E-state index contributed by atoms with van der Waals surface area (Å²) in [4.78, 5) is 10.2. The van der Waals surface area contributed by atoms with Crippen molar-refractivity contribution in [2.75, 3.05) is 18.9 Å². The molecule has 18 heavy (non-hydrogen) atoms. The van der Waals surface area contributed by atoms with Crippen LogP contribution in [0.2, 0.25) is 0 Å². The van der Waals surface area contributed by atoms with E-state index in [1.54, 1.807) is 18.2 Å². The van der Waals surface area contributed by atoms with Crippen molar-refractivity contribution in [2.45, 2.75) is 26.8 Å². The average Bonchev–Trinajstić information content (AvgIpc) is 2.33. The molecule has 0 spiro atoms. The molecule has 0 heterocycles. The summed E-state index contributed by atoms with van der Waals surface area (Å²) in [5.74, 6) is 0. The first kappa shape index (κ1) is 16.9. The second-order valence-electron chi connectivity index (χ2n) is 3.52. The molecule has 5 nitrogen and oxygen atoms in total. The van der Waals surface area contributed by atoms with Crippen molar-refractivity contribution < 1.29 is 9.66 Å². The smallest absolute Gasteiger partial charge is 0.236 e. The van der Waals surface area contributed by atoms with Gasteiger partial charge < -0.3 is 10.5 Å². The molecule has 0 aliphatic carbocycles. The Morgan fingerprint density at radius 3 is 2.39 bits per heavy atom. The molecule has 1 unspecified atom stereocenters. The van der Waals surface area contributed by atoms with Gasteiger partial charge in [0, 0.05) is 40.8 Å². The lowest BCUT2D eigenvalue weighted by Gasteiger charge is -2.06. The van der Waals surface area contributed by atoms with Crippen LogP contribution in [-0.2, 0) is 4.74 Å². The predicted molar refractivity (Wildman–Crippen MR) is 76.1 cm³/mol. The number of hydrogen-bond donors (Lipinski definition) is 1. The molecule has 102 valence electrons. The summed E-state index contributed by atoms with van der Waals surface area (Å²) < 4.78 is 5.55. The highest BCUT2D eigenvalue weighted by molar-refractivity contribution is 9.10. The zero-order valence-electron chi connectivity index (χ0n) is 10.9. The van der Waals surface area contributed by atoms with Crippen LogP contribution in [-0.4, -0.2) is 18.1 Å². The van der Waals surface area contributed by atoms with Gasteiger partial charge in [-0.25, -0.2) is 0 Å². The van der Waals surface area contributed by atoms with Gasteiger partial charge in [-0.05, 0) is 32.0 Å². The van der Waals surface area contributed by atoms with E-state index in [0.717, 1.165) is 13.2 Å². The molecule has 0 bridgehead atoms. The molecule has 0 aromatic heterocycles. The van der Waals surface area contributed by atoms with Crippen LogP contribution < -0.4 is 5.73 Å². The lowest BCUT2D eigenvalue weighted by molar-refractivity contribution is -0.524. The van der Waals surface area contributed by atoms with Gasteiger partial charge >= 0.3 is 0 Å². The number of nitrogens with two attached hydrogens (primary N) is 1. The van der Waals surface area contributed by atoms with Gasteiger partial charge in [0.25, 0.3) is 0 Å². The van der Waals surface area contributed by atoms with Crippen molar-refractivity contribution in [3.63, 3.8) is 0 Å². The maximum Gasteiger partial charge on any atom is 0.236 e. The lowest BCUT2D eigenvalue weighted by Crippen LogP contribution is -2.07. The molecule has 2 N–H and O–H groups in total. The van der Waals surface area contributed by atoms with Gasteiger partial charge in [0.05, 0.1) is 0 Å². The number of anilines is 1. The molecule has 1 aromatic carbocycles. The van der Waals surface area contributed by atoms with Crippen LogP contribution in [0.4, 0.5) is 5.69 Å². The van der Waals surface area contributed by atoms with E-state index in [9.17, 15) is 10.1 Å². The van der Waals surface area contributed by atoms with Gasteiger partial charge in [0.15, 0.2) is 0 Å². The molecule has 6 heteroatoms. The van der Waals surface area contributed by atoms with Crippen molar-refractivity contribution in [2.24, 2.45) is 0 Å². The quantitative estimate of drug-likeness (QED) is 0.524. The number of ether oxygens (including phenoxy) is 1. The maximum atomic E-state index is 10.5. The van der Waals surface area contributed by atoms with E-state index in [-0.39, 0.29) is 4.92 Å². The summed E-state index contributed by atoms with van der Waals surface area (Å²) in [7, 11) is 0. The number of halogens is 1. The third kappa shape index (κ3) is 5.97. The summed E-state index contributed by atoms with van der Waals surface area (Å²) in [6.07, 6.45) is 0. The Labute approximate surface area is 116 Å². The Hall–Kier alpha value is -1.14. The number of nitrogen functional groups attached to an aromatic ring is 1. The van der Waals surface area contributed by atoms with E-state index in [1.807, 2.05) is 13.8 Å². The Morgan fingerprint density at radius 1 is 1.44 bits per heavy atom. The summed E-state index contributed by atoms with van der Waals surface area (Å²) in [5, 5.41) is 10.5. The van der Waals surface area contributed by atoms with Crippen LogP contribution in [0.25, 0.3) is 0 Å². The molecular weight excluding hydrogens is 300 g/mol. The number of benzene rings is 1. The molecule has 1 aromatic rings. The largest absolute Gasteiger partial charge is 0.399 e. The van der Waals surface area contributed by atoms with Crippen LogP contribution in [0.1, 0.15) is 32.4 Å². The fourth-order valence-electron chi connectivity index (χ4n) is 1.20. The van der Waals surface area contributed by atoms with Gasteiger partial charge in [0.2, 0.25) is 6.04 Å². The zero-order chi connectivity index (χ0) is 14.1. The van der Waals surface area contributed by atoms with Crippen LogP contribution in [0, 0.1) is 10.1 Å². The van der Waals surface area contributed by atoms with E-state index >= 15 is 0 Å². The number of nitro groups is 1. The minimum atomic E-state index is -0.738. The topological polar surface area (TPSA) is 78.4 Å². The Morgan fingerprint density at radius 2 is 2.00 bits per heavy atom. The SMILES string of the molecule is CC(c1cc(N)ccc1Br)[N+](=O)[O-].CCOCC. The molecule has 0 radical (unpaired) electrons. The summed E-state index contributed by atoms with van der Waals surface area (Å²) in [6, 6.07) is 4.28. The van der Waals surface area contributed by atoms with E-state index < -0.39 is 6.04 Å². The van der Waals surface area contributed by atoms with Crippen molar-refractivity contribution in [3.8, 4) is 0 Å². The molecule has 0 saturated heterocycles. The van der Waals surface area contributed by atoms with Crippen LogP contribution in [0.3, 0.4) is 0 Å². The zero-order valence-corrected chi connectivity index (χ0v) is 12.4. The second-order valence-corrected chi connectivity index (χ2v) is 4.38. The van der Waals surface area contributed by atoms with Gasteiger partial charge in [-0.1, -0.05) is 15.9 Å². The van der Waals surface area contributed by atoms with Crippen molar-refractivity contribution in [1.29, 1.82) is 0 Å². The normalized spacial score (nSPS) is 11.3. The fourth-order valence-corrected chi connectivity index (χ4v) is 1.78. The summed E-state index contributed by atoms with van der Waals surface area (Å²) in [6.45, 7) is 7.19. The summed E-state index contributed by atoms with van der Waals surface area (Å²) >= 11 is 3.24. The fraction of sp³-hybridized carbons (Fsp3) is 0.500. The molecule has 0 saturated carbocycles. The molecule has 0 fully saturated rings. The molecule has 1 rings (SSSR count). The van der Waals surface area contributed by atoms with Gasteiger partial charge in [0.1, 0.15) is 0 Å². The Bertz CT molecular complexity index is 384. The molecule has 1 atom stereocenters. The minimum Gasteiger partial charge on any atom is -0.399 e. The first-order chi connectivity index (χ1) is 8.43. The maximum absolute atomic E-state index is 10.5. The standard InChI is InChI=1S/C8H9BrN2O2.C4H10O/c1-5(11(12)13)7-4-6(10)2-3-8(7)9;1-3-5-4-2/h2-5H,10H2,1H3;3-4H2,1-2H3. The van der Waals surface area contributed by atoms with E-state index in [0.29, 0.717) is 15.7 Å². The van der Waals surface area contributed by atoms with Crippen molar-refractivity contribution in [3.05, 3.63) is 38.3 Å². The van der Waals surface area contributed by atoms with Crippen molar-refractivity contribution in [1.82, 2.24) is 0 Å². The van der Waals surface area contributed by atoms with E-state index in [1.165, 1.54) is 6.92 Å². The molecule has 0 aliphatic heterocycles. The Kier molecular flexibility index (Phi) is 8.32. The number of hydrogen-bond acceptors (Lipinski definition) is 4. The van der Waals surface area contributed by atoms with Gasteiger partial charge in [-0.15, -0.1) is 0 Å². The van der Waals surface area contributed by atoms with Gasteiger partial charge in [-0.3, -0.25) is 10.1 Å². The van der Waals surface area contributed by atoms with E-state index in [4.69, 9.17) is 10.5 Å². The first-order valence-corrected chi connectivity index (χ1v) is 6.49. The Balaban J connectivity index is 0.000000494. The molecule has 0 amide bonds. The van der Waals surface area contributed by atoms with Gasteiger partial charge in [-0.2, -0.15) is 0 Å². The first-order valence-electron chi connectivity index (χ1n) is 5.70. The number of nitrogens with zero attached hydrogens (tertiary/aromatic N) is 1.